The molecule has 2 aromatic rings. The van der Waals surface area contributed by atoms with Crippen LogP contribution in [-0.4, -0.2) is 57.2 Å². The number of nitrogens with one attached hydrogen (secondary N) is 1. The van der Waals surface area contributed by atoms with Gasteiger partial charge >= 0.3 is 0 Å². The number of piperazine rings is 1. The minimum Gasteiger partial charge on any atom is -0.497 e. The van der Waals surface area contributed by atoms with E-state index < -0.39 is 0 Å². The number of amides is 1. The van der Waals surface area contributed by atoms with E-state index in [4.69, 9.17) is 4.74 Å². The second kappa shape index (κ2) is 8.31. The Balaban J connectivity index is 1.30. The summed E-state index contributed by atoms with van der Waals surface area (Å²) >= 11 is 1.83. The number of nitrogens with zero attached hydrogens (tertiary/aromatic N) is 2. The number of hydrogen-bond acceptors (Lipinski definition) is 4. The summed E-state index contributed by atoms with van der Waals surface area (Å²) < 4.78 is 5.23. The minimum absolute atomic E-state index is 0.308. The third-order valence-electron chi connectivity index (χ3n) is 5.82. The van der Waals surface area contributed by atoms with Crippen molar-refractivity contribution in [3.63, 3.8) is 0 Å². The van der Waals surface area contributed by atoms with Gasteiger partial charge in [-0.05, 0) is 35.7 Å². The molecule has 1 unspecified atom stereocenters. The highest BCUT2D eigenvalue weighted by atomic mass is 32.1. The van der Waals surface area contributed by atoms with Crippen LogP contribution < -0.4 is 14.5 Å². The van der Waals surface area contributed by atoms with E-state index in [0.717, 1.165) is 38.5 Å². The lowest BCUT2D eigenvalue weighted by Crippen LogP contribution is -3.11. The SMILES string of the molecule is COc1ccc(N2CCN(C(=O)C[NH+]3CCC[C@@H]3c3cccs3)CC2)cc1. The number of thiophene rings is 1. The van der Waals surface area contributed by atoms with Crippen molar-refractivity contribution in [3.8, 4) is 5.75 Å². The first kappa shape index (κ1) is 18.3. The summed E-state index contributed by atoms with van der Waals surface area (Å²) in [4.78, 5) is 20.1. The number of carbonyl (C=O) groups excluding carboxylic acids is 1. The van der Waals surface area contributed by atoms with E-state index >= 15 is 0 Å². The molecule has 2 atom stereocenters. The average molecular weight is 387 g/mol. The van der Waals surface area contributed by atoms with Gasteiger partial charge in [-0.2, -0.15) is 0 Å². The number of methoxy groups -OCH3 is 1. The van der Waals surface area contributed by atoms with E-state index in [1.165, 1.54) is 28.3 Å². The Morgan fingerprint density at radius 3 is 2.63 bits per heavy atom. The average Bonchev–Trinajstić information content (AvgIpc) is 3.40. The fraction of sp³-hybridized carbons (Fsp3) is 0.476. The second-order valence-corrected chi connectivity index (χ2v) is 8.34. The molecule has 0 saturated carbocycles. The van der Waals surface area contributed by atoms with Gasteiger partial charge < -0.3 is 19.4 Å². The lowest BCUT2D eigenvalue weighted by molar-refractivity contribution is -0.910. The van der Waals surface area contributed by atoms with E-state index in [0.29, 0.717) is 18.5 Å². The van der Waals surface area contributed by atoms with E-state index in [9.17, 15) is 4.79 Å². The fourth-order valence-electron chi connectivity index (χ4n) is 4.27. The van der Waals surface area contributed by atoms with Gasteiger partial charge in [0.1, 0.15) is 11.8 Å². The summed E-state index contributed by atoms with van der Waals surface area (Å²) in [6.07, 6.45) is 2.42. The molecule has 4 rings (SSSR count). The standard InChI is InChI=1S/C21H27N3O2S/c1-26-18-8-6-17(7-9-18)22-11-13-23(14-12-22)21(25)16-24-10-2-4-19(24)20-5-3-15-27-20/h3,5-9,15,19H,2,4,10-14,16H2,1H3/p+1/t19-/m1/s1. The topological polar surface area (TPSA) is 37.2 Å². The van der Waals surface area contributed by atoms with Gasteiger partial charge in [-0.15, -0.1) is 11.3 Å². The summed E-state index contributed by atoms with van der Waals surface area (Å²) in [6, 6.07) is 13.0. The van der Waals surface area contributed by atoms with Gasteiger partial charge in [0, 0.05) is 44.7 Å². The zero-order valence-electron chi connectivity index (χ0n) is 15.9. The van der Waals surface area contributed by atoms with Crippen molar-refractivity contribution in [1.82, 2.24) is 4.90 Å². The molecule has 0 radical (unpaired) electrons. The molecule has 2 aliphatic rings. The summed E-state index contributed by atoms with van der Waals surface area (Å²) in [5.74, 6) is 1.18. The van der Waals surface area contributed by atoms with Crippen LogP contribution in [0.4, 0.5) is 5.69 Å². The van der Waals surface area contributed by atoms with Crippen LogP contribution >= 0.6 is 11.3 Å². The number of hydrogen-bond donors (Lipinski definition) is 1. The van der Waals surface area contributed by atoms with Gasteiger partial charge in [0.05, 0.1) is 18.5 Å². The minimum atomic E-state index is 0.308. The maximum atomic E-state index is 12.9. The summed E-state index contributed by atoms with van der Waals surface area (Å²) in [6.45, 7) is 5.14. The van der Waals surface area contributed by atoms with Crippen LogP contribution in [0.2, 0.25) is 0 Å². The van der Waals surface area contributed by atoms with Crippen molar-refractivity contribution in [3.05, 3.63) is 46.7 Å². The molecule has 144 valence electrons. The molecule has 1 aromatic heterocycles. The number of benzene rings is 1. The van der Waals surface area contributed by atoms with Gasteiger partial charge in [0.15, 0.2) is 6.54 Å². The Morgan fingerprint density at radius 2 is 1.96 bits per heavy atom. The maximum absolute atomic E-state index is 12.9. The molecule has 2 saturated heterocycles. The quantitative estimate of drug-likeness (QED) is 0.852. The van der Waals surface area contributed by atoms with Crippen molar-refractivity contribution < 1.29 is 14.4 Å². The molecule has 0 spiro atoms. The fourth-order valence-corrected chi connectivity index (χ4v) is 5.19. The highest BCUT2D eigenvalue weighted by molar-refractivity contribution is 7.10. The lowest BCUT2D eigenvalue weighted by Gasteiger charge is -2.36. The van der Waals surface area contributed by atoms with Gasteiger partial charge in [0.25, 0.3) is 5.91 Å². The molecule has 0 bridgehead atoms. The molecular weight excluding hydrogens is 358 g/mol. The van der Waals surface area contributed by atoms with Crippen molar-refractivity contribution >= 4 is 22.9 Å². The molecule has 6 heteroatoms. The normalized spacial score (nSPS) is 22.9. The highest BCUT2D eigenvalue weighted by Gasteiger charge is 2.34. The molecule has 3 heterocycles. The molecule has 2 aliphatic heterocycles. The van der Waals surface area contributed by atoms with Crippen molar-refractivity contribution in [1.29, 1.82) is 0 Å². The third kappa shape index (κ3) is 4.12. The molecule has 0 aliphatic carbocycles. The van der Waals surface area contributed by atoms with Crippen LogP contribution in [-0.2, 0) is 4.79 Å². The number of ether oxygens (including phenoxy) is 1. The van der Waals surface area contributed by atoms with Crippen LogP contribution in [0.15, 0.2) is 41.8 Å². The Bertz CT molecular complexity index is 739. The monoisotopic (exact) mass is 386 g/mol. The molecular formula is C21H28N3O2S+. The number of rotatable bonds is 5. The van der Waals surface area contributed by atoms with Crippen molar-refractivity contribution in [2.75, 3.05) is 51.3 Å². The van der Waals surface area contributed by atoms with E-state index in [2.05, 4.69) is 39.4 Å². The maximum Gasteiger partial charge on any atom is 0.277 e. The van der Waals surface area contributed by atoms with Crippen LogP contribution in [0, 0.1) is 0 Å². The van der Waals surface area contributed by atoms with Gasteiger partial charge in [-0.3, -0.25) is 4.79 Å². The third-order valence-corrected chi connectivity index (χ3v) is 6.80. The van der Waals surface area contributed by atoms with Crippen molar-refractivity contribution in [2.24, 2.45) is 0 Å². The largest absolute Gasteiger partial charge is 0.497 e. The number of quaternary nitrogens is 1. The zero-order valence-corrected chi connectivity index (χ0v) is 16.7. The zero-order chi connectivity index (χ0) is 18.6. The number of carbonyl (C=O) groups is 1. The van der Waals surface area contributed by atoms with Crippen LogP contribution in [0.5, 0.6) is 5.75 Å². The van der Waals surface area contributed by atoms with Gasteiger partial charge in [-0.25, -0.2) is 0 Å². The first-order valence-corrected chi connectivity index (χ1v) is 10.7. The summed E-state index contributed by atoms with van der Waals surface area (Å²) in [5.41, 5.74) is 1.20. The summed E-state index contributed by atoms with van der Waals surface area (Å²) in [5, 5.41) is 2.14. The predicted molar refractivity (Wildman–Crippen MR) is 109 cm³/mol. The molecule has 1 N–H and O–H groups in total. The Morgan fingerprint density at radius 1 is 1.19 bits per heavy atom. The Kier molecular flexibility index (Phi) is 5.64. The smallest absolute Gasteiger partial charge is 0.277 e. The van der Waals surface area contributed by atoms with E-state index in [1.54, 1.807) is 7.11 Å². The first-order valence-electron chi connectivity index (χ1n) is 9.79. The Hall–Kier alpha value is -2.05. The van der Waals surface area contributed by atoms with Gasteiger partial charge in [-0.1, -0.05) is 6.07 Å². The molecule has 1 amide bonds. The molecule has 27 heavy (non-hydrogen) atoms. The van der Waals surface area contributed by atoms with Crippen molar-refractivity contribution in [2.45, 2.75) is 18.9 Å². The van der Waals surface area contributed by atoms with Crippen LogP contribution in [0.3, 0.4) is 0 Å². The van der Waals surface area contributed by atoms with Gasteiger partial charge in [0.2, 0.25) is 0 Å². The Labute approximate surface area is 165 Å². The molecule has 2 fully saturated rings. The second-order valence-electron chi connectivity index (χ2n) is 7.36. The first-order chi connectivity index (χ1) is 13.2. The molecule has 5 nitrogen and oxygen atoms in total. The number of anilines is 1. The highest BCUT2D eigenvalue weighted by Crippen LogP contribution is 2.23. The molecule has 1 aromatic carbocycles. The lowest BCUT2D eigenvalue weighted by atomic mass is 10.2. The van der Waals surface area contributed by atoms with E-state index in [-0.39, 0.29) is 0 Å². The van der Waals surface area contributed by atoms with Crippen LogP contribution in [0.25, 0.3) is 0 Å². The number of likely N-dealkylation sites (tertiary alicyclic amines) is 1. The van der Waals surface area contributed by atoms with E-state index in [1.807, 2.05) is 23.5 Å². The summed E-state index contributed by atoms with van der Waals surface area (Å²) in [7, 11) is 1.69. The predicted octanol–water partition coefficient (Wildman–Crippen LogP) is 1.83. The van der Waals surface area contributed by atoms with Crippen LogP contribution in [0.1, 0.15) is 23.8 Å².